The second-order valence-corrected chi connectivity index (χ2v) is 12.3. The quantitative estimate of drug-likeness (QED) is 0.308. The maximum absolute atomic E-state index is 12.6. The number of hydrogen-bond donors (Lipinski definition) is 2. The Kier molecular flexibility index (Phi) is 14.5. The van der Waals surface area contributed by atoms with Gasteiger partial charge < -0.3 is 15.8 Å². The van der Waals surface area contributed by atoms with Crippen molar-refractivity contribution in [2.24, 2.45) is 5.73 Å². The molecule has 1 amide bonds. The molecule has 3 N–H and O–H groups in total. The summed E-state index contributed by atoms with van der Waals surface area (Å²) >= 11 is 0. The fourth-order valence-corrected chi connectivity index (χ4v) is 5.64. The number of unbranched alkanes of at least 4 members (excludes halogenated alkanes) is 11. The Bertz CT molecular complexity index is 597. The molecule has 190 valence electrons. The first-order valence-corrected chi connectivity index (χ1v) is 14.4. The molecular weight excluding hydrogens is 426 g/mol. The molecule has 32 heavy (non-hydrogen) atoms. The largest absolute Gasteiger partial charge is 0.446 e. The summed E-state index contributed by atoms with van der Waals surface area (Å²) in [5.74, 6) is 0.228. The molecule has 1 rings (SSSR count). The zero-order chi connectivity index (χ0) is 23.9. The lowest BCUT2D eigenvalue weighted by Crippen LogP contribution is -2.46. The fraction of sp³-hybridized carbons (Fsp3) is 0.958. The summed E-state index contributed by atoms with van der Waals surface area (Å²) < 4.78 is 32.2. The molecule has 8 heteroatoms. The smallest absolute Gasteiger partial charge is 0.407 e. The molecular formula is C24H49N3O4S. The van der Waals surface area contributed by atoms with E-state index in [1.54, 1.807) is 4.31 Å². The molecule has 0 atom stereocenters. The van der Waals surface area contributed by atoms with Gasteiger partial charge in [-0.2, -0.15) is 0 Å². The number of carbonyl (C=O) groups excluding carboxylic acids is 1. The van der Waals surface area contributed by atoms with Gasteiger partial charge in [0.15, 0.2) is 0 Å². The highest BCUT2D eigenvalue weighted by Gasteiger charge is 2.29. The highest BCUT2D eigenvalue weighted by molar-refractivity contribution is 7.89. The normalized spacial score (nSPS) is 16.2. The number of rotatable bonds is 16. The number of sulfonamides is 1. The Hall–Kier alpha value is -0.860. The van der Waals surface area contributed by atoms with Gasteiger partial charge in [0.25, 0.3) is 0 Å². The summed E-state index contributed by atoms with van der Waals surface area (Å²) in [7, 11) is -3.21. The number of ether oxygens (including phenoxy) is 1. The standard InChI is InChI=1S/C24H49N3O4S/c1-24(2,3)26-23(28)31-22-16-19-27(20-17-22)32(29,30)21-15-13-11-9-7-5-4-6-8-10-12-14-18-25/h22H,4-21,25H2,1-3H3,(H,26,28). The van der Waals surface area contributed by atoms with Crippen LogP contribution in [0.3, 0.4) is 0 Å². The SMILES string of the molecule is CC(C)(C)NC(=O)OC1CCN(S(=O)(=O)CCCCCCCCCCCCCCN)CC1. The van der Waals surface area contributed by atoms with Crippen molar-refractivity contribution in [1.29, 1.82) is 0 Å². The molecule has 0 saturated carbocycles. The molecule has 7 nitrogen and oxygen atoms in total. The van der Waals surface area contributed by atoms with Crippen molar-refractivity contribution < 1.29 is 17.9 Å². The Labute approximate surface area is 197 Å². The van der Waals surface area contributed by atoms with E-state index in [1.807, 2.05) is 20.8 Å². The lowest BCUT2D eigenvalue weighted by atomic mass is 10.1. The number of nitrogens with one attached hydrogen (secondary N) is 1. The Morgan fingerprint density at radius 1 is 0.875 bits per heavy atom. The van der Waals surface area contributed by atoms with Crippen molar-refractivity contribution in [3.63, 3.8) is 0 Å². The minimum absolute atomic E-state index is 0.213. The molecule has 0 unspecified atom stereocenters. The molecule has 0 aromatic rings. The second-order valence-electron chi connectivity index (χ2n) is 10.2. The maximum atomic E-state index is 12.6. The molecule has 0 aromatic carbocycles. The van der Waals surface area contributed by atoms with Crippen molar-refractivity contribution in [1.82, 2.24) is 9.62 Å². The molecule has 1 fully saturated rings. The van der Waals surface area contributed by atoms with E-state index in [0.717, 1.165) is 32.2 Å². The fourth-order valence-electron chi connectivity index (χ4n) is 4.04. The van der Waals surface area contributed by atoms with E-state index in [2.05, 4.69) is 5.32 Å². The van der Waals surface area contributed by atoms with Crippen LogP contribution in [-0.4, -0.2) is 55.8 Å². The van der Waals surface area contributed by atoms with Crippen LogP contribution >= 0.6 is 0 Å². The van der Waals surface area contributed by atoms with Crippen LogP contribution in [0.4, 0.5) is 4.79 Å². The first-order chi connectivity index (χ1) is 15.1. The van der Waals surface area contributed by atoms with Gasteiger partial charge in [-0.3, -0.25) is 0 Å². The summed E-state index contributed by atoms with van der Waals surface area (Å²) in [6.07, 6.45) is 14.7. The number of carbonyl (C=O) groups is 1. The van der Waals surface area contributed by atoms with E-state index < -0.39 is 16.1 Å². The molecule has 0 bridgehead atoms. The van der Waals surface area contributed by atoms with Crippen molar-refractivity contribution in [2.45, 2.75) is 122 Å². The van der Waals surface area contributed by atoms with Crippen LogP contribution in [0.15, 0.2) is 0 Å². The zero-order valence-electron chi connectivity index (χ0n) is 20.9. The van der Waals surface area contributed by atoms with Crippen LogP contribution in [0.2, 0.25) is 0 Å². The van der Waals surface area contributed by atoms with Crippen LogP contribution in [0.5, 0.6) is 0 Å². The predicted molar refractivity (Wildman–Crippen MR) is 132 cm³/mol. The highest BCUT2D eigenvalue weighted by Crippen LogP contribution is 2.19. The monoisotopic (exact) mass is 475 g/mol. The Balaban J connectivity index is 2.05. The van der Waals surface area contributed by atoms with Crippen LogP contribution in [0.1, 0.15) is 111 Å². The minimum atomic E-state index is -3.21. The average molecular weight is 476 g/mol. The first-order valence-electron chi connectivity index (χ1n) is 12.8. The molecule has 1 aliphatic rings. The lowest BCUT2D eigenvalue weighted by molar-refractivity contribution is 0.0627. The van der Waals surface area contributed by atoms with Gasteiger partial charge in [-0.25, -0.2) is 17.5 Å². The highest BCUT2D eigenvalue weighted by atomic mass is 32.2. The van der Waals surface area contributed by atoms with Gasteiger partial charge in [-0.15, -0.1) is 0 Å². The number of hydrogen-bond acceptors (Lipinski definition) is 5. The third-order valence-electron chi connectivity index (χ3n) is 5.90. The molecule has 0 aliphatic carbocycles. The van der Waals surface area contributed by atoms with E-state index in [-0.39, 0.29) is 17.4 Å². The van der Waals surface area contributed by atoms with Crippen molar-refractivity contribution in [2.75, 3.05) is 25.4 Å². The van der Waals surface area contributed by atoms with Crippen LogP contribution in [-0.2, 0) is 14.8 Å². The summed E-state index contributed by atoms with van der Waals surface area (Å²) in [4.78, 5) is 11.9. The average Bonchev–Trinajstić information content (AvgIpc) is 2.70. The third kappa shape index (κ3) is 14.3. The number of nitrogens with two attached hydrogens (primary N) is 1. The van der Waals surface area contributed by atoms with Gasteiger partial charge in [-0.1, -0.05) is 64.2 Å². The van der Waals surface area contributed by atoms with Gasteiger partial charge in [0.05, 0.1) is 5.75 Å². The minimum Gasteiger partial charge on any atom is -0.446 e. The van der Waals surface area contributed by atoms with E-state index in [0.29, 0.717) is 25.9 Å². The van der Waals surface area contributed by atoms with E-state index >= 15 is 0 Å². The van der Waals surface area contributed by atoms with Gasteiger partial charge in [0, 0.05) is 18.6 Å². The van der Waals surface area contributed by atoms with Crippen LogP contribution < -0.4 is 11.1 Å². The first kappa shape index (κ1) is 29.2. The lowest BCUT2D eigenvalue weighted by Gasteiger charge is -2.31. The van der Waals surface area contributed by atoms with E-state index in [1.165, 1.54) is 51.4 Å². The van der Waals surface area contributed by atoms with Crippen molar-refractivity contribution >= 4 is 16.1 Å². The summed E-state index contributed by atoms with van der Waals surface area (Å²) in [5, 5.41) is 2.78. The Morgan fingerprint density at radius 3 is 1.75 bits per heavy atom. The molecule has 1 heterocycles. The molecule has 0 radical (unpaired) electrons. The zero-order valence-corrected chi connectivity index (χ0v) is 21.7. The van der Waals surface area contributed by atoms with Crippen molar-refractivity contribution in [3.05, 3.63) is 0 Å². The van der Waals surface area contributed by atoms with E-state index in [9.17, 15) is 13.2 Å². The molecule has 0 spiro atoms. The maximum Gasteiger partial charge on any atom is 0.407 e. The summed E-state index contributed by atoms with van der Waals surface area (Å²) in [5.41, 5.74) is 5.16. The van der Waals surface area contributed by atoms with Crippen LogP contribution in [0.25, 0.3) is 0 Å². The summed E-state index contributed by atoms with van der Waals surface area (Å²) in [6.45, 7) is 7.38. The molecule has 1 aliphatic heterocycles. The third-order valence-corrected chi connectivity index (χ3v) is 7.86. The molecule has 0 aromatic heterocycles. The second kappa shape index (κ2) is 15.9. The van der Waals surface area contributed by atoms with Crippen LogP contribution in [0, 0.1) is 0 Å². The van der Waals surface area contributed by atoms with E-state index in [4.69, 9.17) is 10.5 Å². The predicted octanol–water partition coefficient (Wildman–Crippen LogP) is 4.95. The Morgan fingerprint density at radius 2 is 1.31 bits per heavy atom. The number of amides is 1. The molecule has 1 saturated heterocycles. The number of alkyl carbamates (subject to hydrolysis) is 1. The van der Waals surface area contributed by atoms with Gasteiger partial charge in [0.1, 0.15) is 6.10 Å². The van der Waals surface area contributed by atoms with Gasteiger partial charge >= 0.3 is 6.09 Å². The number of piperidine rings is 1. The van der Waals surface area contributed by atoms with Crippen molar-refractivity contribution in [3.8, 4) is 0 Å². The topological polar surface area (TPSA) is 102 Å². The van der Waals surface area contributed by atoms with Gasteiger partial charge in [-0.05, 0) is 53.0 Å². The summed E-state index contributed by atoms with van der Waals surface area (Å²) in [6, 6.07) is 0. The number of nitrogens with zero attached hydrogens (tertiary/aromatic N) is 1. The van der Waals surface area contributed by atoms with Gasteiger partial charge in [0.2, 0.25) is 10.0 Å².